The molecule has 2 aliphatic heterocycles. The Labute approximate surface area is 272 Å². The van der Waals surface area contributed by atoms with E-state index in [2.05, 4.69) is 16.0 Å². The average Bonchev–Trinajstić information content (AvgIpc) is 3.46. The monoisotopic (exact) mass is 646 g/mol. The minimum absolute atomic E-state index is 0.125. The molecule has 3 fully saturated rings. The fourth-order valence-corrected chi connectivity index (χ4v) is 8.55. The molecule has 2 aromatic heterocycles. The number of nitriles is 1. The van der Waals surface area contributed by atoms with Crippen LogP contribution in [0.5, 0.6) is 5.75 Å². The highest BCUT2D eigenvalue weighted by Crippen LogP contribution is 2.56. The number of allylic oxidation sites excluding steroid dienone is 1. The van der Waals surface area contributed by atoms with Crippen LogP contribution in [0.4, 0.5) is 0 Å². The molecule has 12 heteroatoms. The van der Waals surface area contributed by atoms with Gasteiger partial charge in [0.15, 0.2) is 11.3 Å². The lowest BCUT2D eigenvalue weighted by atomic mass is 9.82. The van der Waals surface area contributed by atoms with Crippen LogP contribution in [-0.4, -0.2) is 77.5 Å². The van der Waals surface area contributed by atoms with E-state index >= 15 is 4.79 Å². The molecule has 4 heterocycles. The van der Waals surface area contributed by atoms with Crippen molar-refractivity contribution in [1.29, 1.82) is 5.26 Å². The number of benzene rings is 2. The Morgan fingerprint density at radius 1 is 0.915 bits per heavy atom. The fraction of sp³-hybridized carbons (Fsp3) is 0.229. The Kier molecular flexibility index (Phi) is 7.38. The zero-order chi connectivity index (χ0) is 32.9. The van der Waals surface area contributed by atoms with Gasteiger partial charge in [-0.15, -0.1) is 0 Å². The maximum atomic E-state index is 15.0. The summed E-state index contributed by atoms with van der Waals surface area (Å²) in [5.41, 5.74) is 0.794. The molecular weight excluding hydrogens is 616 g/mol. The number of carbonyl (C=O) groups excluding carboxylic acids is 2. The number of ketones is 1. The van der Waals surface area contributed by atoms with Crippen LogP contribution in [0.3, 0.4) is 0 Å². The molecule has 11 nitrogen and oxygen atoms in total. The second-order valence-corrected chi connectivity index (χ2v) is 13.7. The Morgan fingerprint density at radius 2 is 1.47 bits per heavy atom. The van der Waals surface area contributed by atoms with Crippen molar-refractivity contribution in [1.82, 2.24) is 24.1 Å². The number of pyridine rings is 2. The first kappa shape index (κ1) is 30.3. The van der Waals surface area contributed by atoms with Gasteiger partial charge in [-0.3, -0.25) is 24.5 Å². The molecule has 1 amide bonds. The van der Waals surface area contributed by atoms with Gasteiger partial charge in [-0.2, -0.15) is 9.57 Å². The van der Waals surface area contributed by atoms with E-state index in [0.29, 0.717) is 33.8 Å². The maximum Gasteiger partial charge on any atom is 0.263 e. The molecule has 0 spiro atoms. The Hall–Kier alpha value is -5.38. The molecule has 2 saturated heterocycles. The van der Waals surface area contributed by atoms with Crippen LogP contribution >= 0.6 is 0 Å². The number of sulfonamides is 1. The van der Waals surface area contributed by atoms with Crippen LogP contribution < -0.4 is 4.74 Å². The highest BCUT2D eigenvalue weighted by atomic mass is 32.2. The largest absolute Gasteiger partial charge is 0.497 e. The number of hydrogen-bond donors (Lipinski definition) is 0. The van der Waals surface area contributed by atoms with Crippen molar-refractivity contribution < 1.29 is 22.7 Å². The Balaban J connectivity index is 1.28. The lowest BCUT2D eigenvalue weighted by Gasteiger charge is -2.35. The van der Waals surface area contributed by atoms with Crippen molar-refractivity contribution in [2.24, 2.45) is 11.8 Å². The van der Waals surface area contributed by atoms with E-state index in [1.807, 2.05) is 4.90 Å². The van der Waals surface area contributed by atoms with Crippen LogP contribution in [0.2, 0.25) is 0 Å². The maximum absolute atomic E-state index is 15.0. The number of hydrogen-bond acceptors (Lipinski definition) is 9. The third-order valence-electron chi connectivity index (χ3n) is 9.49. The molecule has 0 radical (unpaired) electrons. The van der Waals surface area contributed by atoms with Gasteiger partial charge in [0, 0.05) is 74.4 Å². The summed E-state index contributed by atoms with van der Waals surface area (Å²) in [6, 6.07) is 21.5. The number of piperidine rings is 1. The number of carbonyl (C=O) groups is 2. The third kappa shape index (κ3) is 4.78. The van der Waals surface area contributed by atoms with E-state index in [0.717, 1.165) is 0 Å². The third-order valence-corrected chi connectivity index (χ3v) is 11.3. The van der Waals surface area contributed by atoms with Crippen LogP contribution in [0.25, 0.3) is 0 Å². The summed E-state index contributed by atoms with van der Waals surface area (Å²) in [5, 5.41) is 9.22. The second-order valence-electron chi connectivity index (χ2n) is 11.8. The summed E-state index contributed by atoms with van der Waals surface area (Å²) < 4.78 is 33.7. The summed E-state index contributed by atoms with van der Waals surface area (Å²) in [7, 11) is -0.454. The van der Waals surface area contributed by atoms with Crippen molar-refractivity contribution in [2.75, 3.05) is 27.2 Å². The first-order valence-corrected chi connectivity index (χ1v) is 16.4. The molecule has 236 valence electrons. The van der Waals surface area contributed by atoms with E-state index in [1.165, 1.54) is 29.6 Å². The van der Waals surface area contributed by atoms with Gasteiger partial charge in [0.25, 0.3) is 5.91 Å². The molecule has 0 bridgehead atoms. The number of nitrogens with zero attached hydrogens (tertiary/aromatic N) is 6. The van der Waals surface area contributed by atoms with Gasteiger partial charge in [0.2, 0.25) is 10.0 Å². The van der Waals surface area contributed by atoms with E-state index in [-0.39, 0.29) is 47.6 Å². The Morgan fingerprint density at radius 3 is 1.98 bits per heavy atom. The first-order chi connectivity index (χ1) is 22.7. The van der Waals surface area contributed by atoms with Gasteiger partial charge in [-0.25, -0.2) is 8.42 Å². The van der Waals surface area contributed by atoms with Crippen LogP contribution in [0.1, 0.15) is 27.0 Å². The molecule has 3 aliphatic rings. The minimum atomic E-state index is -3.76. The topological polar surface area (TPSA) is 137 Å². The van der Waals surface area contributed by atoms with Gasteiger partial charge in [-0.05, 0) is 83.9 Å². The molecule has 4 aromatic rings. The van der Waals surface area contributed by atoms with E-state index in [4.69, 9.17) is 4.74 Å². The molecule has 7 rings (SSSR count). The zero-order valence-corrected chi connectivity index (χ0v) is 26.4. The zero-order valence-electron chi connectivity index (χ0n) is 25.6. The number of ether oxygens (including phenoxy) is 1. The number of likely N-dealkylation sites (N-methyl/N-ethyl adjacent to an activating group) is 1. The van der Waals surface area contributed by atoms with Crippen molar-refractivity contribution in [3.05, 3.63) is 132 Å². The highest BCUT2D eigenvalue weighted by molar-refractivity contribution is 7.89. The van der Waals surface area contributed by atoms with Gasteiger partial charge in [0.1, 0.15) is 11.6 Å². The van der Waals surface area contributed by atoms with Gasteiger partial charge >= 0.3 is 0 Å². The molecule has 2 atom stereocenters. The van der Waals surface area contributed by atoms with Gasteiger partial charge in [0.05, 0.1) is 23.6 Å². The lowest BCUT2D eigenvalue weighted by Crippen LogP contribution is -2.46. The predicted octanol–water partition coefficient (Wildman–Crippen LogP) is 3.42. The Bertz CT molecular complexity index is 1980. The molecule has 2 aromatic carbocycles. The number of fused-ring (bicyclic) bond motifs is 1. The quantitative estimate of drug-likeness (QED) is 0.208. The van der Waals surface area contributed by atoms with E-state index < -0.39 is 15.6 Å². The molecule has 0 unspecified atom stereocenters. The SMILES string of the molecule is COc1ccc(S(=O)(=O)N2C[C@@H]3C(N4C(=O)C(c5ccncc5)(c5ccncc5)N(C)C4=CC(=O)c4ccc(C#N)cc4)[C@H]3C2)cc1. The highest BCUT2D eigenvalue weighted by Gasteiger charge is 2.67. The van der Waals surface area contributed by atoms with Gasteiger partial charge in [-0.1, -0.05) is 0 Å². The summed E-state index contributed by atoms with van der Waals surface area (Å²) in [4.78, 5) is 40.8. The van der Waals surface area contributed by atoms with Crippen LogP contribution in [0, 0.1) is 23.2 Å². The number of methoxy groups -OCH3 is 1. The average molecular weight is 647 g/mol. The number of amides is 1. The number of rotatable bonds is 8. The van der Waals surface area contributed by atoms with Crippen molar-refractivity contribution in [2.45, 2.75) is 16.5 Å². The summed E-state index contributed by atoms with van der Waals surface area (Å²) in [5.74, 6) is 0.136. The van der Waals surface area contributed by atoms with E-state index in [1.54, 1.807) is 97.4 Å². The van der Waals surface area contributed by atoms with Crippen molar-refractivity contribution >= 4 is 21.7 Å². The molecule has 1 saturated carbocycles. The fourth-order valence-electron chi connectivity index (χ4n) is 7.04. The summed E-state index contributed by atoms with van der Waals surface area (Å²) >= 11 is 0. The number of aromatic nitrogens is 2. The van der Waals surface area contributed by atoms with E-state index in [9.17, 15) is 18.5 Å². The van der Waals surface area contributed by atoms with Crippen LogP contribution in [-0.2, 0) is 20.4 Å². The first-order valence-electron chi connectivity index (χ1n) is 15.0. The summed E-state index contributed by atoms with van der Waals surface area (Å²) in [6.45, 7) is 0.483. The van der Waals surface area contributed by atoms with Gasteiger partial charge < -0.3 is 9.64 Å². The molecule has 1 aliphatic carbocycles. The normalized spacial score (nSPS) is 22.6. The summed E-state index contributed by atoms with van der Waals surface area (Å²) in [6.07, 6.45) is 7.97. The lowest BCUT2D eigenvalue weighted by molar-refractivity contribution is -0.132. The molecular formula is C35H30N6O5S. The standard InChI is InChI=1S/C35H30N6O5S/c1-39-32(19-31(42)24-5-3-23(20-36)4-6-24)41(34(43)35(39,25-11-15-37-16-12-25)26-13-17-38-18-14-26)33-29-21-40(22-30(29)33)47(44,45)28-9-7-27(46-2)8-10-28/h3-19,29-30,33H,21-22H2,1-2H3/t29-,30-/m0/s1. The van der Waals surface area contributed by atoms with Crippen molar-refractivity contribution in [3.8, 4) is 11.8 Å². The van der Waals surface area contributed by atoms with Crippen molar-refractivity contribution in [3.63, 3.8) is 0 Å². The predicted molar refractivity (Wildman–Crippen MR) is 170 cm³/mol. The molecule has 0 N–H and O–H groups in total. The molecule has 47 heavy (non-hydrogen) atoms. The minimum Gasteiger partial charge on any atom is -0.497 e. The second kappa shape index (κ2) is 11.5. The van der Waals surface area contributed by atoms with Crippen LogP contribution in [0.15, 0.2) is 114 Å². The smallest absolute Gasteiger partial charge is 0.263 e.